The Kier molecular flexibility index (Phi) is 5.57. The van der Waals surface area contributed by atoms with E-state index < -0.39 is 36.2 Å². The van der Waals surface area contributed by atoms with Crippen molar-refractivity contribution in [3.63, 3.8) is 0 Å². The second-order valence-corrected chi connectivity index (χ2v) is 5.93. The summed E-state index contributed by atoms with van der Waals surface area (Å²) in [6.07, 6.45) is -3.58. The van der Waals surface area contributed by atoms with Crippen molar-refractivity contribution in [1.82, 2.24) is 10.2 Å². The molecule has 0 aromatic heterocycles. The predicted octanol–water partition coefficient (Wildman–Crippen LogP) is 3.64. The first-order valence-corrected chi connectivity index (χ1v) is 7.32. The monoisotopic (exact) mass is 340 g/mol. The summed E-state index contributed by atoms with van der Waals surface area (Å²) in [6.45, 7) is 1.86. The molecule has 2 rings (SSSR count). The minimum absolute atomic E-state index is 0.0370. The fourth-order valence-corrected chi connectivity index (χ4v) is 2.76. The summed E-state index contributed by atoms with van der Waals surface area (Å²) >= 11 is 0. The Bertz CT molecular complexity index is 522. The second-order valence-electron chi connectivity index (χ2n) is 5.93. The van der Waals surface area contributed by atoms with E-state index >= 15 is 0 Å². The highest BCUT2D eigenvalue weighted by atomic mass is 19.4. The number of likely N-dealkylation sites (tertiary alicyclic amines) is 1. The zero-order chi connectivity index (χ0) is 17.2. The van der Waals surface area contributed by atoms with Crippen LogP contribution < -0.4 is 5.32 Å². The normalized spacial score (nSPS) is 20.9. The van der Waals surface area contributed by atoms with Crippen LogP contribution in [-0.2, 0) is 0 Å². The molecule has 1 aliphatic rings. The summed E-state index contributed by atoms with van der Waals surface area (Å²) in [5, 5.41) is 3.03. The number of hydrogen-bond acceptors (Lipinski definition) is 2. The number of hydrogen-bond donors (Lipinski definition) is 1. The number of benzene rings is 1. The average Bonchev–Trinajstić information content (AvgIpc) is 2.86. The van der Waals surface area contributed by atoms with E-state index in [1.54, 1.807) is 6.92 Å². The van der Waals surface area contributed by atoms with Crippen molar-refractivity contribution in [1.29, 1.82) is 0 Å². The van der Waals surface area contributed by atoms with E-state index in [4.69, 9.17) is 0 Å². The number of halogens is 6. The van der Waals surface area contributed by atoms with Crippen molar-refractivity contribution in [2.24, 2.45) is 5.92 Å². The molecule has 0 aliphatic carbocycles. The van der Waals surface area contributed by atoms with Crippen molar-refractivity contribution in [3.05, 3.63) is 35.1 Å². The van der Waals surface area contributed by atoms with Gasteiger partial charge >= 0.3 is 6.18 Å². The first-order chi connectivity index (χ1) is 10.7. The Balaban J connectivity index is 1.85. The highest BCUT2D eigenvalue weighted by molar-refractivity contribution is 5.22. The first-order valence-electron chi connectivity index (χ1n) is 7.32. The first kappa shape index (κ1) is 18.1. The Morgan fingerprint density at radius 2 is 1.83 bits per heavy atom. The molecule has 1 fully saturated rings. The van der Waals surface area contributed by atoms with Crippen LogP contribution in [-0.4, -0.2) is 37.3 Å². The molecule has 23 heavy (non-hydrogen) atoms. The van der Waals surface area contributed by atoms with Crippen molar-refractivity contribution >= 4 is 0 Å². The van der Waals surface area contributed by atoms with Gasteiger partial charge in [-0.2, -0.15) is 13.2 Å². The molecule has 130 valence electrons. The molecule has 0 bridgehead atoms. The van der Waals surface area contributed by atoms with Gasteiger partial charge in [0.1, 0.15) is 0 Å². The Morgan fingerprint density at radius 3 is 2.39 bits per heavy atom. The molecular formula is C15H18F6N2. The van der Waals surface area contributed by atoms with Gasteiger partial charge in [0.25, 0.3) is 0 Å². The van der Waals surface area contributed by atoms with Gasteiger partial charge in [-0.3, -0.25) is 4.90 Å². The zero-order valence-electron chi connectivity index (χ0n) is 12.6. The van der Waals surface area contributed by atoms with E-state index in [0.29, 0.717) is 26.1 Å². The third kappa shape index (κ3) is 5.10. The van der Waals surface area contributed by atoms with E-state index in [1.807, 2.05) is 0 Å². The standard InChI is InChI=1S/C15H18F6N2/c1-9(11-4-12(16)14(18)13(17)5-11)22-6-10-2-3-23(7-10)8-15(19,20)21/h4-5,9-10,22H,2-3,6-8H2,1H3/t9-,10+/m0/s1. The maximum Gasteiger partial charge on any atom is 0.401 e. The third-order valence-electron chi connectivity index (χ3n) is 3.99. The van der Waals surface area contributed by atoms with E-state index in [9.17, 15) is 26.3 Å². The van der Waals surface area contributed by atoms with Gasteiger partial charge in [0.05, 0.1) is 6.54 Å². The van der Waals surface area contributed by atoms with Gasteiger partial charge < -0.3 is 5.32 Å². The molecule has 0 amide bonds. The van der Waals surface area contributed by atoms with Gasteiger partial charge in [0, 0.05) is 12.6 Å². The van der Waals surface area contributed by atoms with Gasteiger partial charge in [0.2, 0.25) is 0 Å². The summed E-state index contributed by atoms with van der Waals surface area (Å²) in [5.41, 5.74) is 0.256. The van der Waals surface area contributed by atoms with Crippen molar-refractivity contribution in [2.45, 2.75) is 25.6 Å². The minimum atomic E-state index is -4.21. The van der Waals surface area contributed by atoms with Crippen LogP contribution in [0.2, 0.25) is 0 Å². The largest absolute Gasteiger partial charge is 0.401 e. The lowest BCUT2D eigenvalue weighted by Gasteiger charge is -2.20. The van der Waals surface area contributed by atoms with Crippen molar-refractivity contribution in [3.8, 4) is 0 Å². The number of nitrogens with one attached hydrogen (secondary N) is 1. The average molecular weight is 340 g/mol. The Labute approximate surface area is 130 Å². The van der Waals surface area contributed by atoms with Gasteiger partial charge in [-0.25, -0.2) is 13.2 Å². The molecule has 1 heterocycles. The topological polar surface area (TPSA) is 15.3 Å². The quantitative estimate of drug-likeness (QED) is 0.650. The molecule has 1 saturated heterocycles. The van der Waals surface area contributed by atoms with Crippen LogP contribution in [0, 0.1) is 23.4 Å². The third-order valence-corrected chi connectivity index (χ3v) is 3.99. The highest BCUT2D eigenvalue weighted by Crippen LogP contribution is 2.24. The van der Waals surface area contributed by atoms with Crippen molar-refractivity contribution in [2.75, 3.05) is 26.2 Å². The molecule has 8 heteroatoms. The molecular weight excluding hydrogens is 322 g/mol. The fourth-order valence-electron chi connectivity index (χ4n) is 2.76. The number of alkyl halides is 3. The van der Waals surface area contributed by atoms with Crippen molar-refractivity contribution < 1.29 is 26.3 Å². The summed E-state index contributed by atoms with van der Waals surface area (Å²) in [5.74, 6) is -3.99. The van der Waals surface area contributed by atoms with Crippen LogP contribution in [0.3, 0.4) is 0 Å². The lowest BCUT2D eigenvalue weighted by Crippen LogP contribution is -2.34. The number of nitrogens with zero attached hydrogens (tertiary/aromatic N) is 1. The van der Waals surface area contributed by atoms with E-state index in [0.717, 1.165) is 12.1 Å². The SMILES string of the molecule is C[C@H](NC[C@H]1CCN(CC(F)(F)F)C1)c1cc(F)c(F)c(F)c1. The molecule has 0 spiro atoms. The molecule has 1 aromatic rings. The summed E-state index contributed by atoms with van der Waals surface area (Å²) in [4.78, 5) is 1.34. The molecule has 2 nitrogen and oxygen atoms in total. The molecule has 0 saturated carbocycles. The van der Waals surface area contributed by atoms with Gasteiger partial charge in [-0.15, -0.1) is 0 Å². The lowest BCUT2D eigenvalue weighted by atomic mass is 10.1. The van der Waals surface area contributed by atoms with E-state index in [1.165, 1.54) is 4.90 Å². The second kappa shape index (κ2) is 7.09. The van der Waals surface area contributed by atoms with Crippen LogP contribution >= 0.6 is 0 Å². The van der Waals surface area contributed by atoms with E-state index in [-0.39, 0.29) is 11.5 Å². The maximum absolute atomic E-state index is 13.2. The van der Waals surface area contributed by atoms with Crippen LogP contribution in [0.15, 0.2) is 12.1 Å². The van der Waals surface area contributed by atoms with E-state index in [2.05, 4.69) is 5.32 Å². The molecule has 1 aromatic carbocycles. The molecule has 2 atom stereocenters. The minimum Gasteiger partial charge on any atom is -0.310 e. The van der Waals surface area contributed by atoms with Crippen LogP contribution in [0.25, 0.3) is 0 Å². The summed E-state index contributed by atoms with van der Waals surface area (Å²) in [7, 11) is 0. The van der Waals surface area contributed by atoms with Gasteiger partial charge in [0.15, 0.2) is 17.5 Å². The van der Waals surface area contributed by atoms with Gasteiger partial charge in [-0.05, 0) is 50.0 Å². The Morgan fingerprint density at radius 1 is 1.22 bits per heavy atom. The summed E-state index contributed by atoms with van der Waals surface area (Å²) in [6, 6.07) is 1.40. The molecule has 0 radical (unpaired) electrons. The molecule has 1 aliphatic heterocycles. The zero-order valence-corrected chi connectivity index (χ0v) is 12.6. The predicted molar refractivity (Wildman–Crippen MR) is 73.3 cm³/mol. The molecule has 1 N–H and O–H groups in total. The number of rotatable bonds is 5. The highest BCUT2D eigenvalue weighted by Gasteiger charge is 2.34. The fraction of sp³-hybridized carbons (Fsp3) is 0.600. The van der Waals surface area contributed by atoms with Crippen LogP contribution in [0.1, 0.15) is 24.9 Å². The van der Waals surface area contributed by atoms with Crippen LogP contribution in [0.4, 0.5) is 26.3 Å². The lowest BCUT2D eigenvalue weighted by molar-refractivity contribution is -0.143. The van der Waals surface area contributed by atoms with Crippen LogP contribution in [0.5, 0.6) is 0 Å². The summed E-state index contributed by atoms with van der Waals surface area (Å²) < 4.78 is 76.3. The Hall–Kier alpha value is -1.28. The molecule has 0 unspecified atom stereocenters. The maximum atomic E-state index is 13.2. The smallest absolute Gasteiger partial charge is 0.310 e. The van der Waals surface area contributed by atoms with Gasteiger partial charge in [-0.1, -0.05) is 0 Å².